The van der Waals surface area contributed by atoms with E-state index in [1.165, 1.54) is 12.1 Å². The molecule has 1 N–H and O–H groups in total. The molecule has 1 amide bonds. The van der Waals surface area contributed by atoms with Gasteiger partial charge in [0.2, 0.25) is 15.9 Å². The molecule has 0 radical (unpaired) electrons. The minimum atomic E-state index is -3.77. The van der Waals surface area contributed by atoms with Gasteiger partial charge in [-0.3, -0.25) is 4.79 Å². The van der Waals surface area contributed by atoms with Crippen LogP contribution in [-0.2, 0) is 24.7 Å². The molecular formula is C15H20N2O5S2. The average molecular weight is 372 g/mol. The average Bonchev–Trinajstić information content (AvgIpc) is 2.86. The summed E-state index contributed by atoms with van der Waals surface area (Å²) in [5, 5.41) is 0. The van der Waals surface area contributed by atoms with Crippen molar-refractivity contribution in [1.82, 2.24) is 4.72 Å². The number of nitrogens with one attached hydrogen (secondary N) is 1. The lowest BCUT2D eigenvalue weighted by Gasteiger charge is -2.26. The quantitative estimate of drug-likeness (QED) is 0.837. The van der Waals surface area contributed by atoms with E-state index in [1.807, 2.05) is 0 Å². The first kappa shape index (κ1) is 17.4. The molecule has 2 fully saturated rings. The summed E-state index contributed by atoms with van der Waals surface area (Å²) in [6.07, 6.45) is 2.62. The second-order valence-electron chi connectivity index (χ2n) is 6.22. The van der Waals surface area contributed by atoms with Crippen molar-refractivity contribution in [2.24, 2.45) is 0 Å². The van der Waals surface area contributed by atoms with Crippen LogP contribution >= 0.6 is 0 Å². The number of amides is 1. The van der Waals surface area contributed by atoms with Crippen LogP contribution in [0.25, 0.3) is 0 Å². The van der Waals surface area contributed by atoms with Crippen LogP contribution in [0.5, 0.6) is 0 Å². The number of rotatable bonds is 4. The van der Waals surface area contributed by atoms with Crippen molar-refractivity contribution in [3.63, 3.8) is 0 Å². The Hall–Kier alpha value is -1.45. The largest absolute Gasteiger partial charge is 0.312 e. The van der Waals surface area contributed by atoms with Crippen molar-refractivity contribution in [3.8, 4) is 0 Å². The fraction of sp³-hybridized carbons (Fsp3) is 0.533. The highest BCUT2D eigenvalue weighted by Gasteiger charge is 2.31. The topological polar surface area (TPSA) is 101 Å². The maximum absolute atomic E-state index is 12.4. The van der Waals surface area contributed by atoms with E-state index in [-0.39, 0.29) is 22.3 Å². The van der Waals surface area contributed by atoms with Crippen LogP contribution in [0.3, 0.4) is 0 Å². The molecule has 7 nitrogen and oxygen atoms in total. The zero-order valence-electron chi connectivity index (χ0n) is 13.1. The van der Waals surface area contributed by atoms with Crippen molar-refractivity contribution in [2.45, 2.75) is 36.6 Å². The number of piperidine rings is 1. The number of carbonyl (C=O) groups is 1. The van der Waals surface area contributed by atoms with Crippen LogP contribution in [0.2, 0.25) is 0 Å². The Labute approximate surface area is 142 Å². The van der Waals surface area contributed by atoms with Crippen LogP contribution in [0.15, 0.2) is 29.2 Å². The molecule has 1 unspecified atom stereocenters. The Morgan fingerprint density at radius 1 is 1.12 bits per heavy atom. The highest BCUT2D eigenvalue weighted by atomic mass is 32.2. The molecule has 0 aliphatic carbocycles. The van der Waals surface area contributed by atoms with Gasteiger partial charge in [-0.2, -0.15) is 0 Å². The van der Waals surface area contributed by atoms with Gasteiger partial charge in [-0.25, -0.2) is 21.6 Å². The van der Waals surface area contributed by atoms with Gasteiger partial charge in [0, 0.05) is 24.7 Å². The SMILES string of the molecule is O=C1CCCCN1c1ccc(S(=O)(=O)NC2CCS(=O)(=O)C2)cc1. The number of hydrogen-bond acceptors (Lipinski definition) is 5. The molecule has 0 spiro atoms. The lowest BCUT2D eigenvalue weighted by Crippen LogP contribution is -2.36. The van der Waals surface area contributed by atoms with Crippen LogP contribution in [-0.4, -0.2) is 46.8 Å². The molecule has 1 aromatic carbocycles. The summed E-state index contributed by atoms with van der Waals surface area (Å²) in [5.74, 6) is -0.103. The first-order chi connectivity index (χ1) is 11.3. The molecular weight excluding hydrogens is 352 g/mol. The van der Waals surface area contributed by atoms with Crippen LogP contribution in [0.4, 0.5) is 5.69 Å². The molecule has 2 aliphatic heterocycles. The van der Waals surface area contributed by atoms with E-state index in [0.29, 0.717) is 25.1 Å². The minimum absolute atomic E-state index is 0.0101. The Bertz CT molecular complexity index is 831. The van der Waals surface area contributed by atoms with E-state index < -0.39 is 25.9 Å². The highest BCUT2D eigenvalue weighted by molar-refractivity contribution is 7.92. The molecule has 1 atom stereocenters. The van der Waals surface area contributed by atoms with Crippen LogP contribution in [0, 0.1) is 0 Å². The first-order valence-electron chi connectivity index (χ1n) is 7.90. The van der Waals surface area contributed by atoms with E-state index in [1.54, 1.807) is 17.0 Å². The number of carbonyl (C=O) groups excluding carboxylic acids is 1. The smallest absolute Gasteiger partial charge is 0.240 e. The molecule has 9 heteroatoms. The molecule has 0 saturated carbocycles. The number of benzene rings is 1. The van der Waals surface area contributed by atoms with Crippen molar-refractivity contribution in [1.29, 1.82) is 0 Å². The number of sulfonamides is 1. The summed E-state index contributed by atoms with van der Waals surface area (Å²) in [7, 11) is -6.92. The van der Waals surface area contributed by atoms with E-state index in [9.17, 15) is 21.6 Å². The fourth-order valence-electron chi connectivity index (χ4n) is 3.06. The van der Waals surface area contributed by atoms with Gasteiger partial charge in [0.15, 0.2) is 9.84 Å². The zero-order valence-corrected chi connectivity index (χ0v) is 14.8. The minimum Gasteiger partial charge on any atom is -0.312 e. The first-order valence-corrected chi connectivity index (χ1v) is 11.2. The Balaban J connectivity index is 1.73. The number of hydrogen-bond donors (Lipinski definition) is 1. The van der Waals surface area contributed by atoms with Gasteiger partial charge in [0.05, 0.1) is 16.4 Å². The number of sulfone groups is 1. The van der Waals surface area contributed by atoms with Gasteiger partial charge in [0.25, 0.3) is 0 Å². The van der Waals surface area contributed by atoms with Gasteiger partial charge in [-0.15, -0.1) is 0 Å². The van der Waals surface area contributed by atoms with E-state index in [2.05, 4.69) is 4.72 Å². The molecule has 0 aromatic heterocycles. The zero-order chi connectivity index (χ0) is 17.4. The van der Waals surface area contributed by atoms with Gasteiger partial charge in [0.1, 0.15) is 0 Å². The summed E-state index contributed by atoms with van der Waals surface area (Å²) in [5.41, 5.74) is 0.682. The lowest BCUT2D eigenvalue weighted by atomic mass is 10.1. The van der Waals surface area contributed by atoms with Gasteiger partial charge in [-0.05, 0) is 43.5 Å². The predicted molar refractivity (Wildman–Crippen MR) is 90.0 cm³/mol. The Kier molecular flexibility index (Phi) is 4.67. The third kappa shape index (κ3) is 3.79. The molecule has 132 valence electrons. The van der Waals surface area contributed by atoms with Crippen molar-refractivity contribution < 1.29 is 21.6 Å². The van der Waals surface area contributed by atoms with Crippen molar-refractivity contribution in [3.05, 3.63) is 24.3 Å². The molecule has 2 heterocycles. The second-order valence-corrected chi connectivity index (χ2v) is 10.2. The molecule has 1 aromatic rings. The summed E-state index contributed by atoms with van der Waals surface area (Å²) >= 11 is 0. The maximum Gasteiger partial charge on any atom is 0.240 e. The number of anilines is 1. The van der Waals surface area contributed by atoms with Gasteiger partial charge >= 0.3 is 0 Å². The summed E-state index contributed by atoms with van der Waals surface area (Å²) in [6.45, 7) is 0.642. The maximum atomic E-state index is 12.4. The van der Waals surface area contributed by atoms with Crippen LogP contribution < -0.4 is 9.62 Å². The fourth-order valence-corrected chi connectivity index (χ4v) is 6.11. The summed E-state index contributed by atoms with van der Waals surface area (Å²) in [6, 6.07) is 5.54. The van der Waals surface area contributed by atoms with Crippen molar-refractivity contribution >= 4 is 31.5 Å². The van der Waals surface area contributed by atoms with E-state index in [0.717, 1.165) is 12.8 Å². The van der Waals surface area contributed by atoms with E-state index >= 15 is 0 Å². The third-order valence-electron chi connectivity index (χ3n) is 4.34. The molecule has 0 bridgehead atoms. The summed E-state index contributed by atoms with van der Waals surface area (Å²) in [4.78, 5) is 13.6. The number of nitrogens with zero attached hydrogens (tertiary/aromatic N) is 1. The standard InChI is InChI=1S/C15H20N2O5S2/c18-15-3-1-2-9-17(15)13-4-6-14(7-5-13)24(21,22)16-12-8-10-23(19,20)11-12/h4-7,12,16H,1-3,8-11H2. The van der Waals surface area contributed by atoms with Gasteiger partial charge < -0.3 is 4.90 Å². The Morgan fingerprint density at radius 2 is 1.83 bits per heavy atom. The highest BCUT2D eigenvalue weighted by Crippen LogP contribution is 2.23. The van der Waals surface area contributed by atoms with Crippen molar-refractivity contribution in [2.75, 3.05) is 23.0 Å². The predicted octanol–water partition coefficient (Wildman–Crippen LogP) is 0.669. The normalized spacial score (nSPS) is 24.2. The third-order valence-corrected chi connectivity index (χ3v) is 7.64. The Morgan fingerprint density at radius 3 is 2.42 bits per heavy atom. The monoisotopic (exact) mass is 372 g/mol. The second kappa shape index (κ2) is 6.45. The molecule has 3 rings (SSSR count). The molecule has 24 heavy (non-hydrogen) atoms. The van der Waals surface area contributed by atoms with Gasteiger partial charge in [-0.1, -0.05) is 0 Å². The summed E-state index contributed by atoms with van der Waals surface area (Å²) < 4.78 is 50.1. The molecule has 2 saturated heterocycles. The van der Waals surface area contributed by atoms with Crippen LogP contribution in [0.1, 0.15) is 25.7 Å². The lowest BCUT2D eigenvalue weighted by molar-refractivity contribution is -0.119. The van der Waals surface area contributed by atoms with E-state index in [4.69, 9.17) is 0 Å². The molecule has 2 aliphatic rings.